The van der Waals surface area contributed by atoms with Crippen LogP contribution in [0.4, 0.5) is 0 Å². The summed E-state index contributed by atoms with van der Waals surface area (Å²) in [5.74, 6) is 0. The van der Waals surface area contributed by atoms with Crippen LogP contribution in [0.3, 0.4) is 0 Å². The number of nitrogens with zero attached hydrogens (tertiary/aromatic N) is 1. The van der Waals surface area contributed by atoms with Gasteiger partial charge in [0.2, 0.25) is 5.69 Å². The maximum absolute atomic E-state index is 2.27. The SMILES string of the molecule is Cc1cc[n+](-c2c3ccccc3cc3ccccc23)cc1.[Br-]. The predicted octanol–water partition coefficient (Wildman–Crippen LogP) is 1.58. The Morgan fingerprint density at radius 2 is 1.18 bits per heavy atom. The molecule has 2 heteroatoms. The minimum atomic E-state index is 0. The van der Waals surface area contributed by atoms with E-state index in [4.69, 9.17) is 0 Å². The Hall–Kier alpha value is -2.19. The van der Waals surface area contributed by atoms with Gasteiger partial charge in [0.15, 0.2) is 12.4 Å². The minimum Gasteiger partial charge on any atom is -1.00 e. The van der Waals surface area contributed by atoms with Gasteiger partial charge < -0.3 is 17.0 Å². The second-order valence-corrected chi connectivity index (χ2v) is 5.45. The largest absolute Gasteiger partial charge is 1.00 e. The topological polar surface area (TPSA) is 3.88 Å². The highest BCUT2D eigenvalue weighted by atomic mass is 79.9. The molecule has 0 aliphatic rings. The lowest BCUT2D eigenvalue weighted by Crippen LogP contribution is -3.00. The Kier molecular flexibility index (Phi) is 3.95. The highest BCUT2D eigenvalue weighted by Crippen LogP contribution is 2.28. The molecular formula is C20H16BrN. The maximum Gasteiger partial charge on any atom is 0.226 e. The van der Waals surface area contributed by atoms with Gasteiger partial charge in [-0.05, 0) is 41.5 Å². The van der Waals surface area contributed by atoms with Crippen LogP contribution in [0, 0.1) is 6.92 Å². The first-order valence-electron chi connectivity index (χ1n) is 7.22. The molecule has 0 amide bonds. The monoisotopic (exact) mass is 349 g/mol. The van der Waals surface area contributed by atoms with Crippen LogP contribution < -0.4 is 21.5 Å². The second-order valence-electron chi connectivity index (χ2n) is 5.45. The molecule has 4 aromatic rings. The van der Waals surface area contributed by atoms with Crippen molar-refractivity contribution in [2.45, 2.75) is 6.92 Å². The van der Waals surface area contributed by atoms with Crippen LogP contribution >= 0.6 is 0 Å². The molecule has 22 heavy (non-hydrogen) atoms. The van der Waals surface area contributed by atoms with Crippen LogP contribution in [0.1, 0.15) is 5.56 Å². The number of aromatic nitrogens is 1. The number of fused-ring (bicyclic) bond motifs is 2. The molecule has 0 saturated heterocycles. The highest BCUT2D eigenvalue weighted by molar-refractivity contribution is 6.05. The zero-order valence-corrected chi connectivity index (χ0v) is 13.9. The zero-order valence-electron chi connectivity index (χ0n) is 12.3. The number of halogens is 1. The summed E-state index contributed by atoms with van der Waals surface area (Å²) in [5.41, 5.74) is 2.53. The summed E-state index contributed by atoms with van der Waals surface area (Å²) in [7, 11) is 0. The van der Waals surface area contributed by atoms with Crippen LogP contribution in [0.2, 0.25) is 0 Å². The fourth-order valence-corrected chi connectivity index (χ4v) is 2.92. The molecule has 1 nitrogen and oxygen atoms in total. The minimum absolute atomic E-state index is 0. The lowest BCUT2D eigenvalue weighted by atomic mass is 10.0. The van der Waals surface area contributed by atoms with Crippen molar-refractivity contribution >= 4 is 21.5 Å². The van der Waals surface area contributed by atoms with Crippen molar-refractivity contribution in [3.63, 3.8) is 0 Å². The summed E-state index contributed by atoms with van der Waals surface area (Å²) in [4.78, 5) is 0. The molecule has 0 aliphatic carbocycles. The number of aryl methyl sites for hydroxylation is 1. The Labute approximate surface area is 140 Å². The standard InChI is InChI=1S/C20H16N.BrH/c1-15-10-12-21(13-11-15)20-18-8-4-2-6-16(18)14-17-7-3-5-9-19(17)20;/h2-14H,1H3;1H/q+1;/p-1. The molecule has 0 N–H and O–H groups in total. The number of pyridine rings is 1. The van der Waals surface area contributed by atoms with Gasteiger partial charge in [0.25, 0.3) is 0 Å². The Morgan fingerprint density at radius 1 is 0.682 bits per heavy atom. The normalized spacial score (nSPS) is 10.6. The van der Waals surface area contributed by atoms with Gasteiger partial charge in [-0.2, -0.15) is 4.57 Å². The Bertz CT molecular complexity index is 889. The first-order chi connectivity index (χ1) is 10.3. The fraction of sp³-hybridized carbons (Fsp3) is 0.0500. The predicted molar refractivity (Wildman–Crippen MR) is 87.7 cm³/mol. The molecule has 0 spiro atoms. The Balaban J connectivity index is 0.00000144. The highest BCUT2D eigenvalue weighted by Gasteiger charge is 2.15. The van der Waals surface area contributed by atoms with Crippen LogP contribution in [-0.4, -0.2) is 0 Å². The molecule has 0 bridgehead atoms. The van der Waals surface area contributed by atoms with Gasteiger partial charge in [0, 0.05) is 12.1 Å². The second kappa shape index (κ2) is 5.90. The van der Waals surface area contributed by atoms with E-state index in [0.717, 1.165) is 0 Å². The number of hydrogen-bond donors (Lipinski definition) is 0. The molecule has 0 saturated carbocycles. The van der Waals surface area contributed by atoms with Crippen LogP contribution in [0.25, 0.3) is 27.2 Å². The van der Waals surface area contributed by atoms with Gasteiger partial charge in [0.1, 0.15) is 0 Å². The molecule has 0 aliphatic heterocycles. The molecular weight excluding hydrogens is 334 g/mol. The molecule has 108 valence electrons. The number of rotatable bonds is 1. The Morgan fingerprint density at radius 3 is 1.73 bits per heavy atom. The van der Waals surface area contributed by atoms with Crippen molar-refractivity contribution in [1.82, 2.24) is 0 Å². The zero-order chi connectivity index (χ0) is 14.2. The fourth-order valence-electron chi connectivity index (χ4n) is 2.92. The third-order valence-corrected chi connectivity index (χ3v) is 4.00. The molecule has 0 unspecified atom stereocenters. The van der Waals surface area contributed by atoms with Gasteiger partial charge in [-0.25, -0.2) is 0 Å². The lowest BCUT2D eigenvalue weighted by Gasteiger charge is -2.07. The van der Waals surface area contributed by atoms with E-state index >= 15 is 0 Å². The van der Waals surface area contributed by atoms with E-state index in [2.05, 4.69) is 90.6 Å². The van der Waals surface area contributed by atoms with E-state index in [1.54, 1.807) is 0 Å². The summed E-state index contributed by atoms with van der Waals surface area (Å²) >= 11 is 0. The van der Waals surface area contributed by atoms with Crippen molar-refractivity contribution in [3.05, 3.63) is 84.7 Å². The van der Waals surface area contributed by atoms with E-state index in [0.29, 0.717) is 0 Å². The van der Waals surface area contributed by atoms with E-state index in [1.165, 1.54) is 32.8 Å². The quantitative estimate of drug-likeness (QED) is 0.363. The summed E-state index contributed by atoms with van der Waals surface area (Å²) in [5, 5.41) is 5.12. The van der Waals surface area contributed by atoms with Gasteiger partial charge in [-0.1, -0.05) is 36.4 Å². The van der Waals surface area contributed by atoms with Gasteiger partial charge in [-0.15, -0.1) is 0 Å². The van der Waals surface area contributed by atoms with Gasteiger partial charge in [0.05, 0.1) is 10.8 Å². The molecule has 0 fully saturated rings. The molecule has 1 aromatic heterocycles. The molecule has 3 aromatic carbocycles. The van der Waals surface area contributed by atoms with Crippen LogP contribution in [-0.2, 0) is 0 Å². The van der Waals surface area contributed by atoms with E-state index in [9.17, 15) is 0 Å². The average Bonchev–Trinajstić information content (AvgIpc) is 2.53. The van der Waals surface area contributed by atoms with Gasteiger partial charge in [-0.3, -0.25) is 0 Å². The summed E-state index contributed by atoms with van der Waals surface area (Å²) < 4.78 is 2.22. The average molecular weight is 350 g/mol. The van der Waals surface area contributed by atoms with Crippen molar-refractivity contribution in [2.24, 2.45) is 0 Å². The lowest BCUT2D eigenvalue weighted by molar-refractivity contribution is -0.592. The third-order valence-electron chi connectivity index (χ3n) is 4.00. The van der Waals surface area contributed by atoms with E-state index in [1.807, 2.05) is 0 Å². The van der Waals surface area contributed by atoms with Crippen molar-refractivity contribution < 1.29 is 21.5 Å². The van der Waals surface area contributed by atoms with Crippen molar-refractivity contribution in [3.8, 4) is 5.69 Å². The van der Waals surface area contributed by atoms with Crippen LogP contribution in [0.5, 0.6) is 0 Å². The van der Waals surface area contributed by atoms with Crippen molar-refractivity contribution in [2.75, 3.05) is 0 Å². The molecule has 0 atom stereocenters. The maximum atomic E-state index is 2.27. The molecule has 0 radical (unpaired) electrons. The molecule has 1 heterocycles. The van der Waals surface area contributed by atoms with E-state index < -0.39 is 0 Å². The van der Waals surface area contributed by atoms with Crippen LogP contribution in [0.15, 0.2) is 79.1 Å². The summed E-state index contributed by atoms with van der Waals surface area (Å²) in [6.45, 7) is 2.12. The van der Waals surface area contributed by atoms with E-state index in [-0.39, 0.29) is 17.0 Å². The first-order valence-corrected chi connectivity index (χ1v) is 7.22. The smallest absolute Gasteiger partial charge is 0.226 e. The summed E-state index contributed by atoms with van der Waals surface area (Å²) in [6.07, 6.45) is 4.28. The molecule has 4 rings (SSSR count). The number of benzene rings is 3. The first kappa shape index (κ1) is 14.7. The number of hydrogen-bond acceptors (Lipinski definition) is 0. The van der Waals surface area contributed by atoms with Gasteiger partial charge >= 0.3 is 0 Å². The van der Waals surface area contributed by atoms with Crippen molar-refractivity contribution in [1.29, 1.82) is 0 Å². The third kappa shape index (κ3) is 2.40. The summed E-state index contributed by atoms with van der Waals surface area (Å²) in [6, 6.07) is 23.7.